The zero-order valence-electron chi connectivity index (χ0n) is 13.4. The van der Waals surface area contributed by atoms with Crippen LogP contribution >= 0.6 is 11.6 Å². The van der Waals surface area contributed by atoms with Gasteiger partial charge in [0.25, 0.3) is 0 Å². The van der Waals surface area contributed by atoms with Crippen LogP contribution in [-0.4, -0.2) is 21.9 Å². The first-order valence-electron chi connectivity index (χ1n) is 7.31. The Hall–Kier alpha value is -1.32. The van der Waals surface area contributed by atoms with Gasteiger partial charge < -0.3 is 5.32 Å². The number of nitrogens with zero attached hydrogens (tertiary/aromatic N) is 2. The van der Waals surface area contributed by atoms with Crippen molar-refractivity contribution < 1.29 is 0 Å². The molecule has 2 aromatic rings. The normalized spacial score (nSPS) is 13.4. The van der Waals surface area contributed by atoms with Crippen molar-refractivity contribution in [3.8, 4) is 0 Å². The molecule has 4 heteroatoms. The van der Waals surface area contributed by atoms with Crippen LogP contribution in [0.5, 0.6) is 0 Å². The summed E-state index contributed by atoms with van der Waals surface area (Å²) in [5.74, 6) is 0. The average Bonchev–Trinajstić information content (AvgIpc) is 2.67. The molecule has 1 aromatic heterocycles. The maximum Gasteiger partial charge on any atom is 0.0896 e. The smallest absolute Gasteiger partial charge is 0.0896 e. The first-order chi connectivity index (χ1) is 9.79. The highest BCUT2D eigenvalue weighted by Gasteiger charge is 2.21. The van der Waals surface area contributed by atoms with Crippen LogP contribution in [0.1, 0.15) is 43.8 Å². The van der Waals surface area contributed by atoms with Crippen LogP contribution in [0.15, 0.2) is 30.3 Å². The van der Waals surface area contributed by atoms with Crippen LogP contribution in [0.2, 0.25) is 5.02 Å². The largest absolute Gasteiger partial charge is 0.310 e. The highest BCUT2D eigenvalue weighted by molar-refractivity contribution is 6.31. The van der Waals surface area contributed by atoms with E-state index in [1.807, 2.05) is 24.6 Å². The predicted octanol–water partition coefficient (Wildman–Crippen LogP) is 4.13. The van der Waals surface area contributed by atoms with Crippen LogP contribution in [0.3, 0.4) is 0 Å². The summed E-state index contributed by atoms with van der Waals surface area (Å²) in [6.45, 7) is 11.3. The summed E-state index contributed by atoms with van der Waals surface area (Å²) in [6.07, 6.45) is 0. The third-order valence-corrected chi connectivity index (χ3v) is 4.09. The van der Waals surface area contributed by atoms with E-state index in [4.69, 9.17) is 11.6 Å². The highest BCUT2D eigenvalue weighted by Crippen LogP contribution is 2.26. The van der Waals surface area contributed by atoms with Gasteiger partial charge in [-0.2, -0.15) is 5.10 Å². The molecule has 0 bridgehead atoms. The lowest BCUT2D eigenvalue weighted by molar-refractivity contribution is 0.374. The van der Waals surface area contributed by atoms with E-state index in [0.717, 1.165) is 23.0 Å². The van der Waals surface area contributed by atoms with Crippen LogP contribution in [0.4, 0.5) is 0 Å². The molecule has 1 unspecified atom stereocenters. The lowest BCUT2D eigenvalue weighted by atomic mass is 10.0. The third-order valence-electron chi connectivity index (χ3n) is 3.54. The molecular weight excluding hydrogens is 282 g/mol. The zero-order chi connectivity index (χ0) is 15.6. The van der Waals surface area contributed by atoms with Crippen molar-refractivity contribution in [1.82, 2.24) is 15.1 Å². The summed E-state index contributed by atoms with van der Waals surface area (Å²) >= 11 is 6.32. The van der Waals surface area contributed by atoms with Crippen LogP contribution < -0.4 is 5.32 Å². The Balaban J connectivity index is 2.38. The van der Waals surface area contributed by atoms with Crippen LogP contribution in [-0.2, 0) is 0 Å². The molecule has 0 saturated heterocycles. The monoisotopic (exact) mass is 305 g/mol. The van der Waals surface area contributed by atoms with Crippen LogP contribution in [0.25, 0.3) is 0 Å². The van der Waals surface area contributed by atoms with Crippen molar-refractivity contribution in [2.75, 3.05) is 6.54 Å². The molecule has 3 nitrogen and oxygen atoms in total. The molecule has 2 rings (SSSR count). The molecule has 0 fully saturated rings. The summed E-state index contributed by atoms with van der Waals surface area (Å²) in [5, 5.41) is 8.96. The van der Waals surface area contributed by atoms with Gasteiger partial charge >= 0.3 is 0 Å². The van der Waals surface area contributed by atoms with E-state index in [-0.39, 0.29) is 11.6 Å². The number of aryl methyl sites for hydroxylation is 1. The molecule has 0 saturated carbocycles. The quantitative estimate of drug-likeness (QED) is 0.920. The predicted molar refractivity (Wildman–Crippen MR) is 89.0 cm³/mol. The molecule has 0 aliphatic heterocycles. The van der Waals surface area contributed by atoms with E-state index in [1.165, 1.54) is 5.56 Å². The van der Waals surface area contributed by atoms with Crippen molar-refractivity contribution in [2.45, 2.75) is 46.2 Å². The molecule has 1 aromatic carbocycles. The van der Waals surface area contributed by atoms with Gasteiger partial charge in [0.1, 0.15) is 0 Å². The number of hydrogen-bond acceptors (Lipinski definition) is 2. The zero-order valence-corrected chi connectivity index (χ0v) is 14.2. The third kappa shape index (κ3) is 3.86. The molecule has 0 radical (unpaired) electrons. The first-order valence-corrected chi connectivity index (χ1v) is 7.68. The summed E-state index contributed by atoms with van der Waals surface area (Å²) in [5.41, 5.74) is 3.19. The number of aromatic nitrogens is 2. The fourth-order valence-electron chi connectivity index (χ4n) is 2.37. The summed E-state index contributed by atoms with van der Waals surface area (Å²) in [6, 6.07) is 10.6. The molecule has 21 heavy (non-hydrogen) atoms. The van der Waals surface area contributed by atoms with Crippen molar-refractivity contribution in [2.24, 2.45) is 0 Å². The van der Waals surface area contributed by atoms with Gasteiger partial charge in [-0.15, -0.1) is 0 Å². The Labute approximate surface area is 132 Å². The van der Waals surface area contributed by atoms with E-state index < -0.39 is 0 Å². The number of halogens is 1. The van der Waals surface area contributed by atoms with Gasteiger partial charge in [0.15, 0.2) is 0 Å². The topological polar surface area (TPSA) is 29.9 Å². The Morgan fingerprint density at radius 2 is 1.81 bits per heavy atom. The molecule has 0 aliphatic carbocycles. The van der Waals surface area contributed by atoms with Crippen molar-refractivity contribution in [3.63, 3.8) is 0 Å². The second kappa shape index (κ2) is 6.20. The Morgan fingerprint density at radius 1 is 1.19 bits per heavy atom. The highest BCUT2D eigenvalue weighted by atomic mass is 35.5. The standard InChI is InChI=1S/C17H24ClN3/c1-12-16(18)13(2)21(20-12)15(11-19-17(3,4)5)14-9-7-6-8-10-14/h6-10,15,19H,11H2,1-5H3. The van der Waals surface area contributed by atoms with Gasteiger partial charge in [0, 0.05) is 12.1 Å². The van der Waals surface area contributed by atoms with Gasteiger partial charge in [-0.25, -0.2) is 0 Å². The number of hydrogen-bond donors (Lipinski definition) is 1. The number of benzene rings is 1. The summed E-state index contributed by atoms with van der Waals surface area (Å²) in [7, 11) is 0. The molecule has 0 amide bonds. The second-order valence-electron chi connectivity index (χ2n) is 6.49. The maximum atomic E-state index is 6.32. The average molecular weight is 306 g/mol. The molecule has 1 atom stereocenters. The van der Waals surface area contributed by atoms with Gasteiger partial charge in [0.05, 0.1) is 22.5 Å². The molecule has 0 aliphatic rings. The van der Waals surface area contributed by atoms with Gasteiger partial charge in [0.2, 0.25) is 0 Å². The maximum absolute atomic E-state index is 6.32. The van der Waals surface area contributed by atoms with E-state index in [2.05, 4.69) is 55.5 Å². The van der Waals surface area contributed by atoms with Crippen molar-refractivity contribution in [1.29, 1.82) is 0 Å². The SMILES string of the molecule is Cc1nn(C(CNC(C)(C)C)c2ccccc2)c(C)c1Cl. The van der Waals surface area contributed by atoms with Crippen molar-refractivity contribution in [3.05, 3.63) is 52.3 Å². The fraction of sp³-hybridized carbons (Fsp3) is 0.471. The Bertz CT molecular complexity index is 596. The molecule has 1 N–H and O–H groups in total. The first kappa shape index (κ1) is 16.1. The van der Waals surface area contributed by atoms with Crippen LogP contribution in [0, 0.1) is 13.8 Å². The van der Waals surface area contributed by atoms with Gasteiger partial charge in [-0.1, -0.05) is 41.9 Å². The minimum Gasteiger partial charge on any atom is -0.310 e. The molecule has 1 heterocycles. The Morgan fingerprint density at radius 3 is 2.29 bits per heavy atom. The van der Waals surface area contributed by atoms with Gasteiger partial charge in [-0.05, 0) is 40.2 Å². The van der Waals surface area contributed by atoms with E-state index >= 15 is 0 Å². The van der Waals surface area contributed by atoms with Crippen molar-refractivity contribution >= 4 is 11.6 Å². The second-order valence-corrected chi connectivity index (χ2v) is 6.86. The van der Waals surface area contributed by atoms with E-state index in [0.29, 0.717) is 0 Å². The molecule has 114 valence electrons. The summed E-state index contributed by atoms with van der Waals surface area (Å²) in [4.78, 5) is 0. The molecule has 0 spiro atoms. The van der Waals surface area contributed by atoms with E-state index in [9.17, 15) is 0 Å². The lowest BCUT2D eigenvalue weighted by Crippen LogP contribution is -2.40. The molecular formula is C17H24ClN3. The van der Waals surface area contributed by atoms with E-state index in [1.54, 1.807) is 0 Å². The fourth-order valence-corrected chi connectivity index (χ4v) is 2.49. The summed E-state index contributed by atoms with van der Waals surface area (Å²) < 4.78 is 2.03. The Kier molecular flexibility index (Phi) is 4.74. The number of nitrogens with one attached hydrogen (secondary N) is 1. The minimum atomic E-state index is 0.0624. The minimum absolute atomic E-state index is 0.0624. The van der Waals surface area contributed by atoms with Gasteiger partial charge in [-0.3, -0.25) is 4.68 Å². The number of rotatable bonds is 4. The lowest BCUT2D eigenvalue weighted by Gasteiger charge is -2.26.